The predicted molar refractivity (Wildman–Crippen MR) is 122 cm³/mol. The van der Waals surface area contributed by atoms with E-state index in [9.17, 15) is 14.7 Å². The van der Waals surface area contributed by atoms with Gasteiger partial charge in [-0.05, 0) is 60.9 Å². The van der Waals surface area contributed by atoms with Crippen LogP contribution in [0, 0.1) is 0 Å². The fourth-order valence-electron chi connectivity index (χ4n) is 2.94. The van der Waals surface area contributed by atoms with Crippen molar-refractivity contribution in [1.29, 1.82) is 0 Å². The highest BCUT2D eigenvalue weighted by atomic mass is 79.9. The van der Waals surface area contributed by atoms with Gasteiger partial charge in [0.1, 0.15) is 17.5 Å². The lowest BCUT2D eigenvalue weighted by Gasteiger charge is -2.18. The molecule has 7 nitrogen and oxygen atoms in total. The minimum Gasteiger partial charge on any atom is -0.507 e. The average Bonchev–Trinajstić information content (AvgIpc) is 2.76. The van der Waals surface area contributed by atoms with Crippen LogP contribution in [-0.2, 0) is 16.0 Å². The van der Waals surface area contributed by atoms with Gasteiger partial charge in [-0.25, -0.2) is 4.79 Å². The summed E-state index contributed by atoms with van der Waals surface area (Å²) in [7, 11) is 1.89. The molecule has 8 heteroatoms. The van der Waals surface area contributed by atoms with Gasteiger partial charge in [-0.3, -0.25) is 4.79 Å². The molecule has 168 valence electrons. The zero-order valence-corrected chi connectivity index (χ0v) is 19.4. The number of carbonyl (C=O) groups is 2. The number of hydrogen-bond acceptors (Lipinski definition) is 6. The number of amides is 1. The minimum absolute atomic E-state index is 0.0387. The van der Waals surface area contributed by atoms with Crippen molar-refractivity contribution >= 4 is 27.8 Å². The molecule has 0 aliphatic rings. The second-order valence-corrected chi connectivity index (χ2v) is 7.78. The lowest BCUT2D eigenvalue weighted by atomic mass is 10.1. The molecule has 0 aliphatic heterocycles. The van der Waals surface area contributed by atoms with E-state index in [0.717, 1.165) is 24.9 Å². The molecule has 0 bridgehead atoms. The van der Waals surface area contributed by atoms with E-state index < -0.39 is 17.9 Å². The summed E-state index contributed by atoms with van der Waals surface area (Å²) in [5.74, 6) is -0.884. The van der Waals surface area contributed by atoms with Crippen molar-refractivity contribution in [3.05, 3.63) is 58.1 Å². The third-order valence-electron chi connectivity index (χ3n) is 4.53. The van der Waals surface area contributed by atoms with Crippen LogP contribution in [0.2, 0.25) is 0 Å². The van der Waals surface area contributed by atoms with Crippen molar-refractivity contribution in [2.45, 2.75) is 32.2 Å². The number of rotatable bonds is 12. The van der Waals surface area contributed by atoms with Crippen LogP contribution in [0.15, 0.2) is 46.9 Å². The fraction of sp³-hybridized carbons (Fsp3) is 0.391. The topological polar surface area (TPSA) is 96.9 Å². The second-order valence-electron chi connectivity index (χ2n) is 6.93. The number of esters is 1. The third-order valence-corrected chi connectivity index (χ3v) is 5.15. The molecule has 2 aromatic carbocycles. The number of hydrogen-bond donors (Lipinski definition) is 3. The minimum atomic E-state index is -0.879. The number of nitrogens with one attached hydrogen (secondary N) is 2. The molecule has 0 aliphatic carbocycles. The van der Waals surface area contributed by atoms with E-state index in [1.807, 2.05) is 37.4 Å². The number of halogens is 1. The van der Waals surface area contributed by atoms with Crippen molar-refractivity contribution in [1.82, 2.24) is 10.6 Å². The molecule has 0 saturated carbocycles. The third kappa shape index (κ3) is 7.88. The van der Waals surface area contributed by atoms with Crippen LogP contribution in [0.5, 0.6) is 11.5 Å². The summed E-state index contributed by atoms with van der Waals surface area (Å²) in [4.78, 5) is 25.2. The SMILES string of the molecule is CCOC(=O)C(Cc1ccccc1)NC(=O)c1cc(Br)c(OCCCCNC)cc1O. The van der Waals surface area contributed by atoms with Crippen LogP contribution < -0.4 is 15.4 Å². The van der Waals surface area contributed by atoms with Gasteiger partial charge in [-0.2, -0.15) is 0 Å². The van der Waals surface area contributed by atoms with Gasteiger partial charge in [0.2, 0.25) is 0 Å². The molecular weight excluding hydrogens is 464 g/mol. The van der Waals surface area contributed by atoms with E-state index in [-0.39, 0.29) is 24.3 Å². The molecule has 1 amide bonds. The highest BCUT2D eigenvalue weighted by molar-refractivity contribution is 9.10. The van der Waals surface area contributed by atoms with Gasteiger partial charge in [-0.1, -0.05) is 30.3 Å². The Morgan fingerprint density at radius 3 is 2.58 bits per heavy atom. The smallest absolute Gasteiger partial charge is 0.328 e. The Labute approximate surface area is 191 Å². The Balaban J connectivity index is 2.10. The maximum atomic E-state index is 12.8. The maximum Gasteiger partial charge on any atom is 0.328 e. The van der Waals surface area contributed by atoms with E-state index >= 15 is 0 Å². The monoisotopic (exact) mass is 492 g/mol. The quantitative estimate of drug-likeness (QED) is 0.310. The van der Waals surface area contributed by atoms with Crippen molar-refractivity contribution in [2.24, 2.45) is 0 Å². The maximum absolute atomic E-state index is 12.8. The summed E-state index contributed by atoms with van der Waals surface area (Å²) in [5, 5.41) is 16.1. The molecule has 0 fully saturated rings. The lowest BCUT2D eigenvalue weighted by molar-refractivity contribution is -0.145. The van der Waals surface area contributed by atoms with Crippen LogP contribution in [0.1, 0.15) is 35.7 Å². The Kier molecular flexibility index (Phi) is 10.3. The van der Waals surface area contributed by atoms with Gasteiger partial charge in [0.25, 0.3) is 5.91 Å². The van der Waals surface area contributed by atoms with Crippen molar-refractivity contribution < 1.29 is 24.2 Å². The molecule has 3 N–H and O–H groups in total. The van der Waals surface area contributed by atoms with Gasteiger partial charge >= 0.3 is 5.97 Å². The lowest BCUT2D eigenvalue weighted by Crippen LogP contribution is -2.43. The Morgan fingerprint density at radius 2 is 1.90 bits per heavy atom. The van der Waals surface area contributed by atoms with E-state index in [1.54, 1.807) is 6.92 Å². The first-order valence-corrected chi connectivity index (χ1v) is 11.1. The number of benzene rings is 2. The fourth-order valence-corrected chi connectivity index (χ4v) is 3.40. The number of phenols is 1. The van der Waals surface area contributed by atoms with Gasteiger partial charge in [0, 0.05) is 12.5 Å². The number of aromatic hydroxyl groups is 1. The van der Waals surface area contributed by atoms with Crippen molar-refractivity contribution in [3.63, 3.8) is 0 Å². The van der Waals surface area contributed by atoms with Crippen LogP contribution in [0.3, 0.4) is 0 Å². The summed E-state index contributed by atoms with van der Waals surface area (Å²) < 4.78 is 11.3. The zero-order valence-electron chi connectivity index (χ0n) is 17.8. The average molecular weight is 493 g/mol. The van der Waals surface area contributed by atoms with Crippen molar-refractivity contribution in [3.8, 4) is 11.5 Å². The van der Waals surface area contributed by atoms with Crippen LogP contribution in [0.25, 0.3) is 0 Å². The van der Waals surface area contributed by atoms with Crippen LogP contribution in [-0.4, -0.2) is 49.8 Å². The molecule has 1 unspecified atom stereocenters. The molecule has 2 aromatic rings. The molecule has 0 saturated heterocycles. The molecule has 0 spiro atoms. The number of unbranched alkanes of at least 4 members (excludes halogenated alkanes) is 1. The highest BCUT2D eigenvalue weighted by Gasteiger charge is 2.25. The first-order valence-electron chi connectivity index (χ1n) is 10.3. The number of ether oxygens (including phenoxy) is 2. The van der Waals surface area contributed by atoms with E-state index in [0.29, 0.717) is 16.8 Å². The Morgan fingerprint density at radius 1 is 1.16 bits per heavy atom. The Hall–Kier alpha value is -2.58. The van der Waals surface area contributed by atoms with Crippen LogP contribution >= 0.6 is 15.9 Å². The summed E-state index contributed by atoms with van der Waals surface area (Å²) in [6.07, 6.45) is 2.11. The Bertz CT molecular complexity index is 861. The largest absolute Gasteiger partial charge is 0.507 e. The highest BCUT2D eigenvalue weighted by Crippen LogP contribution is 2.32. The van der Waals surface area contributed by atoms with Crippen molar-refractivity contribution in [2.75, 3.05) is 26.8 Å². The first-order chi connectivity index (χ1) is 15.0. The normalized spacial score (nSPS) is 11.6. The summed E-state index contributed by atoms with van der Waals surface area (Å²) in [5.41, 5.74) is 0.921. The molecule has 1 atom stereocenters. The molecule has 2 rings (SSSR count). The van der Waals surface area contributed by atoms with Gasteiger partial charge < -0.3 is 25.2 Å². The summed E-state index contributed by atoms with van der Waals surface area (Å²) in [6.45, 7) is 3.31. The summed E-state index contributed by atoms with van der Waals surface area (Å²) in [6, 6.07) is 11.3. The van der Waals surface area contributed by atoms with Gasteiger partial charge in [0.05, 0.1) is 23.2 Å². The first kappa shape index (κ1) is 24.7. The predicted octanol–water partition coefficient (Wildman–Crippen LogP) is 3.44. The molecular formula is C23H29BrN2O5. The standard InChI is InChI=1S/C23H29BrN2O5/c1-3-30-23(29)19(13-16-9-5-4-6-10-16)26-22(28)17-14-18(24)21(15-20(17)27)31-12-8-7-11-25-2/h4-6,9-10,14-15,19,25,27H,3,7-8,11-13H2,1-2H3,(H,26,28). The molecule has 0 radical (unpaired) electrons. The van der Waals surface area contributed by atoms with Gasteiger partial charge in [-0.15, -0.1) is 0 Å². The van der Waals surface area contributed by atoms with Gasteiger partial charge in [0.15, 0.2) is 0 Å². The summed E-state index contributed by atoms with van der Waals surface area (Å²) >= 11 is 3.39. The van der Waals surface area contributed by atoms with E-state index in [1.165, 1.54) is 12.1 Å². The number of phenolic OH excluding ortho intramolecular Hbond substituents is 1. The molecule has 31 heavy (non-hydrogen) atoms. The van der Waals surface area contributed by atoms with E-state index in [2.05, 4.69) is 26.6 Å². The zero-order chi connectivity index (χ0) is 22.6. The number of carbonyl (C=O) groups excluding carboxylic acids is 2. The van der Waals surface area contributed by atoms with E-state index in [4.69, 9.17) is 9.47 Å². The van der Waals surface area contributed by atoms with Crippen LogP contribution in [0.4, 0.5) is 0 Å². The molecule has 0 aromatic heterocycles. The molecule has 0 heterocycles. The second kappa shape index (κ2) is 13.0.